The van der Waals surface area contributed by atoms with Gasteiger partial charge in [0.15, 0.2) is 0 Å². The highest BCUT2D eigenvalue weighted by Crippen LogP contribution is 2.69. The molecule has 0 aromatic rings. The first kappa shape index (κ1) is 17.3. The number of carbonyl (C=O) groups excluding carboxylic acids is 1. The summed E-state index contributed by atoms with van der Waals surface area (Å²) in [5, 5.41) is 12.1. The van der Waals surface area contributed by atoms with Crippen molar-refractivity contribution in [1.82, 2.24) is 0 Å². The lowest BCUT2D eigenvalue weighted by Crippen LogP contribution is -2.61. The summed E-state index contributed by atoms with van der Waals surface area (Å²) >= 11 is 0. The normalized spacial score (nSPS) is 53.3. The van der Waals surface area contributed by atoms with E-state index in [0.717, 1.165) is 30.8 Å². The van der Waals surface area contributed by atoms with Gasteiger partial charge in [-0.1, -0.05) is 26.7 Å². The number of hydrogen-bond donors (Lipinski definition) is 1. The largest absolute Gasteiger partial charge is 0.458 e. The molecule has 4 fully saturated rings. The quantitative estimate of drug-likeness (QED) is 0.695. The molecule has 0 spiro atoms. The summed E-state index contributed by atoms with van der Waals surface area (Å²) in [5.74, 6) is 2.14. The lowest BCUT2D eigenvalue weighted by atomic mass is 9.43. The van der Waals surface area contributed by atoms with Crippen LogP contribution in [-0.4, -0.2) is 23.3 Å². The Labute approximate surface area is 157 Å². The van der Waals surface area contributed by atoms with Gasteiger partial charge in [0.05, 0.1) is 5.60 Å². The van der Waals surface area contributed by atoms with Crippen LogP contribution in [0.25, 0.3) is 0 Å². The van der Waals surface area contributed by atoms with Crippen LogP contribution in [-0.2, 0) is 9.53 Å². The summed E-state index contributed by atoms with van der Waals surface area (Å²) in [7, 11) is 0. The van der Waals surface area contributed by atoms with Crippen molar-refractivity contribution in [1.29, 1.82) is 0 Å². The number of esters is 1. The first-order valence-electron chi connectivity index (χ1n) is 11.0. The minimum Gasteiger partial charge on any atom is -0.458 e. The molecule has 0 aromatic carbocycles. The highest BCUT2D eigenvalue weighted by molar-refractivity contribution is 5.85. The molecule has 1 aliphatic heterocycles. The van der Waals surface area contributed by atoms with Gasteiger partial charge in [0.25, 0.3) is 0 Å². The van der Waals surface area contributed by atoms with E-state index in [0.29, 0.717) is 29.8 Å². The van der Waals surface area contributed by atoms with Crippen molar-refractivity contribution in [3.05, 3.63) is 11.6 Å². The fourth-order valence-corrected chi connectivity index (χ4v) is 8.45. The number of aliphatic hydroxyl groups is 1. The van der Waals surface area contributed by atoms with Crippen molar-refractivity contribution in [3.63, 3.8) is 0 Å². The Kier molecular flexibility index (Phi) is 3.72. The van der Waals surface area contributed by atoms with Gasteiger partial charge in [-0.15, -0.1) is 0 Å². The smallest absolute Gasteiger partial charge is 0.331 e. The molecule has 4 aliphatic carbocycles. The van der Waals surface area contributed by atoms with Crippen LogP contribution in [0.2, 0.25) is 0 Å². The molecule has 4 saturated carbocycles. The van der Waals surface area contributed by atoms with E-state index in [-0.39, 0.29) is 11.4 Å². The Hall–Kier alpha value is -0.830. The minimum absolute atomic E-state index is 0.0914. The SMILES string of the molecule is C[C@]12CCCC[C@@H]1CC[C@@H]1[C@@H]2CC[C@]2(C)[C@@H](C3=CC(=O)OC3)CC[C@]12O. The van der Waals surface area contributed by atoms with Crippen molar-refractivity contribution in [3.8, 4) is 0 Å². The van der Waals surface area contributed by atoms with Gasteiger partial charge in [-0.05, 0) is 86.0 Å². The number of cyclic esters (lactones) is 1. The van der Waals surface area contributed by atoms with Crippen molar-refractivity contribution in [2.75, 3.05) is 6.61 Å². The maximum Gasteiger partial charge on any atom is 0.331 e. The number of ether oxygens (including phenoxy) is 1. The molecule has 5 aliphatic rings. The molecule has 0 radical (unpaired) electrons. The topological polar surface area (TPSA) is 46.5 Å². The predicted molar refractivity (Wildman–Crippen MR) is 100 cm³/mol. The molecule has 0 saturated heterocycles. The summed E-state index contributed by atoms with van der Waals surface area (Å²) in [6.45, 7) is 5.32. The zero-order valence-corrected chi connectivity index (χ0v) is 16.4. The Bertz CT molecular complexity index is 654. The van der Waals surface area contributed by atoms with E-state index in [4.69, 9.17) is 4.74 Å². The molecule has 5 rings (SSSR count). The molecule has 26 heavy (non-hydrogen) atoms. The van der Waals surface area contributed by atoms with Gasteiger partial charge < -0.3 is 9.84 Å². The van der Waals surface area contributed by atoms with Crippen molar-refractivity contribution < 1.29 is 14.6 Å². The van der Waals surface area contributed by atoms with E-state index in [2.05, 4.69) is 13.8 Å². The van der Waals surface area contributed by atoms with Crippen LogP contribution in [0, 0.1) is 34.5 Å². The van der Waals surface area contributed by atoms with Gasteiger partial charge in [0.1, 0.15) is 6.61 Å². The summed E-state index contributed by atoms with van der Waals surface area (Å²) < 4.78 is 5.22. The summed E-state index contributed by atoms with van der Waals surface area (Å²) in [6.07, 6.45) is 14.1. The molecule has 1 N–H and O–H groups in total. The first-order chi connectivity index (χ1) is 12.4. The standard InChI is InChI=1S/C23H34O3/c1-21-10-4-3-5-16(21)6-7-19-18(21)8-11-22(2)17(9-12-23(19,22)25)15-13-20(24)26-14-15/h13,16-19,25H,3-12,14H2,1-2H3/t16-,17-,18+,19-,21+,22-,23+/m1/s1. The van der Waals surface area contributed by atoms with Crippen LogP contribution in [0.1, 0.15) is 78.1 Å². The van der Waals surface area contributed by atoms with E-state index < -0.39 is 5.60 Å². The lowest BCUT2D eigenvalue weighted by molar-refractivity contribution is -0.203. The van der Waals surface area contributed by atoms with Gasteiger partial charge in [0, 0.05) is 11.5 Å². The van der Waals surface area contributed by atoms with Crippen LogP contribution in [0.3, 0.4) is 0 Å². The van der Waals surface area contributed by atoms with Gasteiger partial charge >= 0.3 is 5.97 Å². The zero-order valence-electron chi connectivity index (χ0n) is 16.4. The molecule has 0 unspecified atom stereocenters. The van der Waals surface area contributed by atoms with Gasteiger partial charge in [-0.2, -0.15) is 0 Å². The molecule has 3 heteroatoms. The third-order valence-electron chi connectivity index (χ3n) is 9.90. The average molecular weight is 359 g/mol. The molecular weight excluding hydrogens is 324 g/mol. The Morgan fingerprint density at radius 1 is 1.00 bits per heavy atom. The fraction of sp³-hybridized carbons (Fsp3) is 0.870. The fourth-order valence-electron chi connectivity index (χ4n) is 8.45. The monoisotopic (exact) mass is 358 g/mol. The van der Waals surface area contributed by atoms with E-state index >= 15 is 0 Å². The van der Waals surface area contributed by atoms with Crippen LogP contribution < -0.4 is 0 Å². The van der Waals surface area contributed by atoms with E-state index in [1.807, 2.05) is 0 Å². The molecule has 1 heterocycles. The van der Waals surface area contributed by atoms with Crippen LogP contribution in [0.15, 0.2) is 11.6 Å². The maximum absolute atomic E-state index is 12.1. The van der Waals surface area contributed by atoms with Crippen LogP contribution in [0.5, 0.6) is 0 Å². The number of rotatable bonds is 1. The second-order valence-electron chi connectivity index (χ2n) is 10.5. The van der Waals surface area contributed by atoms with E-state index in [1.54, 1.807) is 6.08 Å². The zero-order chi connectivity index (χ0) is 18.2. The average Bonchev–Trinajstić information content (AvgIpc) is 3.15. The maximum atomic E-state index is 12.1. The summed E-state index contributed by atoms with van der Waals surface area (Å²) in [4.78, 5) is 11.6. The Morgan fingerprint density at radius 3 is 2.62 bits per heavy atom. The van der Waals surface area contributed by atoms with Crippen LogP contribution in [0.4, 0.5) is 0 Å². The van der Waals surface area contributed by atoms with E-state index in [1.165, 1.54) is 44.9 Å². The Balaban J connectivity index is 1.48. The Morgan fingerprint density at radius 2 is 1.85 bits per heavy atom. The first-order valence-corrected chi connectivity index (χ1v) is 11.0. The molecular formula is C23H34O3. The molecule has 0 bridgehead atoms. The lowest BCUT2D eigenvalue weighted by Gasteiger charge is -2.63. The van der Waals surface area contributed by atoms with Crippen LogP contribution >= 0.6 is 0 Å². The van der Waals surface area contributed by atoms with Crippen molar-refractivity contribution in [2.45, 2.75) is 83.7 Å². The highest BCUT2D eigenvalue weighted by Gasteiger charge is 2.67. The highest BCUT2D eigenvalue weighted by atomic mass is 16.5. The number of carbonyl (C=O) groups is 1. The summed E-state index contributed by atoms with van der Waals surface area (Å²) in [6, 6.07) is 0. The van der Waals surface area contributed by atoms with Crippen molar-refractivity contribution >= 4 is 5.97 Å². The second-order valence-corrected chi connectivity index (χ2v) is 10.5. The number of fused-ring (bicyclic) bond motifs is 5. The molecule has 0 amide bonds. The molecule has 144 valence electrons. The third-order valence-corrected chi connectivity index (χ3v) is 9.90. The number of hydrogen-bond acceptors (Lipinski definition) is 3. The van der Waals surface area contributed by atoms with Gasteiger partial charge in [0.2, 0.25) is 0 Å². The van der Waals surface area contributed by atoms with Crippen molar-refractivity contribution in [2.24, 2.45) is 34.5 Å². The molecule has 7 atom stereocenters. The van der Waals surface area contributed by atoms with E-state index in [9.17, 15) is 9.90 Å². The second kappa shape index (κ2) is 5.59. The minimum atomic E-state index is -0.557. The van der Waals surface area contributed by atoms with Gasteiger partial charge in [-0.3, -0.25) is 0 Å². The predicted octanol–water partition coefficient (Wildman–Crippen LogP) is 4.63. The molecule has 3 nitrogen and oxygen atoms in total. The third kappa shape index (κ3) is 2.07. The van der Waals surface area contributed by atoms with Gasteiger partial charge in [-0.25, -0.2) is 4.79 Å². The molecule has 0 aromatic heterocycles. The summed E-state index contributed by atoms with van der Waals surface area (Å²) in [5.41, 5.74) is 0.941.